The Bertz CT molecular complexity index is 220. The van der Waals surface area contributed by atoms with Crippen LogP contribution in [-0.4, -0.2) is 22.0 Å². The van der Waals surface area contributed by atoms with E-state index in [1.165, 1.54) is 4.35 Å². The SMILES string of the molecule is Cc1cc(O)ccc1[AsH2]. The first-order valence-corrected chi connectivity index (χ1v) is 3.96. The Morgan fingerprint density at radius 1 is 1.44 bits per heavy atom. The van der Waals surface area contributed by atoms with Crippen LogP contribution in [0.5, 0.6) is 5.75 Å². The second kappa shape index (κ2) is 2.45. The number of rotatable bonds is 0. The second-order valence-electron chi connectivity index (χ2n) is 2.04. The summed E-state index contributed by atoms with van der Waals surface area (Å²) in [5, 5.41) is 8.94. The van der Waals surface area contributed by atoms with E-state index >= 15 is 0 Å². The van der Waals surface area contributed by atoms with Crippen molar-refractivity contribution in [2.75, 3.05) is 0 Å². The van der Waals surface area contributed by atoms with Gasteiger partial charge in [-0.25, -0.2) is 0 Å². The zero-order chi connectivity index (χ0) is 6.85. The number of phenols is 1. The van der Waals surface area contributed by atoms with Crippen molar-refractivity contribution in [1.29, 1.82) is 0 Å². The van der Waals surface area contributed by atoms with Gasteiger partial charge in [0.05, 0.1) is 0 Å². The van der Waals surface area contributed by atoms with Gasteiger partial charge in [-0.3, -0.25) is 0 Å². The molecule has 1 nitrogen and oxygen atoms in total. The summed E-state index contributed by atoms with van der Waals surface area (Å²) in [6.07, 6.45) is 0. The van der Waals surface area contributed by atoms with Gasteiger partial charge in [0.2, 0.25) is 0 Å². The van der Waals surface area contributed by atoms with Crippen molar-refractivity contribution in [1.82, 2.24) is 0 Å². The summed E-state index contributed by atoms with van der Waals surface area (Å²) in [6.45, 7) is 2.00. The van der Waals surface area contributed by atoms with E-state index in [2.05, 4.69) is 0 Å². The standard InChI is InChI=1S/C7H9AsO/c1-5-4-6(9)2-3-7(5)8/h2-4,9H,8H2,1H3. The first-order valence-electron chi connectivity index (χ1n) is 2.75. The minimum atomic E-state index is 0.355. The van der Waals surface area contributed by atoms with E-state index < -0.39 is 0 Å². The Labute approximate surface area is 63.2 Å². The molecule has 0 aliphatic carbocycles. The van der Waals surface area contributed by atoms with Crippen molar-refractivity contribution < 1.29 is 5.11 Å². The molecule has 0 fully saturated rings. The van der Waals surface area contributed by atoms with Crippen LogP contribution in [0.25, 0.3) is 0 Å². The van der Waals surface area contributed by atoms with Gasteiger partial charge in [0.25, 0.3) is 0 Å². The van der Waals surface area contributed by atoms with E-state index in [-0.39, 0.29) is 0 Å². The quantitative estimate of drug-likeness (QED) is 0.561. The summed E-state index contributed by atoms with van der Waals surface area (Å²) in [6, 6.07) is 5.42. The van der Waals surface area contributed by atoms with Gasteiger partial charge in [-0.15, -0.1) is 0 Å². The molecule has 0 saturated carbocycles. The maximum atomic E-state index is 8.94. The van der Waals surface area contributed by atoms with Crippen molar-refractivity contribution >= 4 is 21.2 Å². The summed E-state index contributed by atoms with van der Waals surface area (Å²) in [5.74, 6) is 0.355. The van der Waals surface area contributed by atoms with Gasteiger partial charge in [0.15, 0.2) is 0 Å². The average molecular weight is 184 g/mol. The van der Waals surface area contributed by atoms with E-state index in [4.69, 9.17) is 5.11 Å². The van der Waals surface area contributed by atoms with Crippen LogP contribution in [0.15, 0.2) is 18.2 Å². The van der Waals surface area contributed by atoms with Crippen LogP contribution in [0.4, 0.5) is 0 Å². The van der Waals surface area contributed by atoms with Gasteiger partial charge in [0, 0.05) is 0 Å². The van der Waals surface area contributed by atoms with Crippen LogP contribution < -0.4 is 4.35 Å². The fraction of sp³-hybridized carbons (Fsp3) is 0.143. The first kappa shape index (κ1) is 6.70. The van der Waals surface area contributed by atoms with Gasteiger partial charge in [-0.05, 0) is 0 Å². The number of phenolic OH excluding ortho intramolecular Hbond substituents is 1. The summed E-state index contributed by atoms with van der Waals surface area (Å²) >= 11 is 1.59. The maximum absolute atomic E-state index is 8.94. The summed E-state index contributed by atoms with van der Waals surface area (Å²) in [7, 11) is 0. The zero-order valence-corrected chi connectivity index (χ0v) is 7.68. The third-order valence-corrected chi connectivity index (χ3v) is 2.61. The summed E-state index contributed by atoms with van der Waals surface area (Å²) in [5.41, 5.74) is 1.16. The van der Waals surface area contributed by atoms with Crippen LogP contribution in [0.2, 0.25) is 0 Å². The summed E-state index contributed by atoms with van der Waals surface area (Å²) in [4.78, 5) is 0. The minimum absolute atomic E-state index is 0.355. The molecule has 0 aromatic heterocycles. The molecule has 1 unspecified atom stereocenters. The fourth-order valence-electron chi connectivity index (χ4n) is 0.660. The molecule has 0 aliphatic rings. The Morgan fingerprint density at radius 2 is 2.11 bits per heavy atom. The molecule has 1 N–H and O–H groups in total. The van der Waals surface area contributed by atoms with Gasteiger partial charge >= 0.3 is 62.7 Å². The van der Waals surface area contributed by atoms with E-state index in [0.29, 0.717) is 5.75 Å². The number of hydrogen-bond acceptors (Lipinski definition) is 1. The Morgan fingerprint density at radius 3 is 2.56 bits per heavy atom. The monoisotopic (exact) mass is 184 g/mol. The van der Waals surface area contributed by atoms with Crippen LogP contribution in [0.1, 0.15) is 5.56 Å². The normalized spacial score (nSPS) is 9.56. The number of aromatic hydroxyl groups is 1. The molecule has 1 rings (SSSR count). The summed E-state index contributed by atoms with van der Waals surface area (Å²) < 4.78 is 1.28. The van der Waals surface area contributed by atoms with E-state index in [1.807, 2.05) is 13.0 Å². The van der Waals surface area contributed by atoms with Crippen LogP contribution in [0.3, 0.4) is 0 Å². The molecular formula is C7H9AsO. The molecular weight excluding hydrogens is 175 g/mol. The molecule has 0 amide bonds. The Kier molecular flexibility index (Phi) is 1.82. The van der Waals surface area contributed by atoms with Gasteiger partial charge < -0.3 is 0 Å². The third kappa shape index (κ3) is 1.49. The van der Waals surface area contributed by atoms with Crippen molar-refractivity contribution in [3.8, 4) is 5.75 Å². The number of benzene rings is 1. The van der Waals surface area contributed by atoms with Crippen molar-refractivity contribution in [3.05, 3.63) is 23.8 Å². The predicted octanol–water partition coefficient (Wildman–Crippen LogP) is -0.0410. The molecule has 48 valence electrons. The topological polar surface area (TPSA) is 20.2 Å². The molecule has 1 aromatic carbocycles. The van der Waals surface area contributed by atoms with E-state index in [1.54, 1.807) is 29.0 Å². The van der Waals surface area contributed by atoms with E-state index in [0.717, 1.165) is 5.56 Å². The molecule has 1 atom stereocenters. The van der Waals surface area contributed by atoms with Crippen LogP contribution in [-0.2, 0) is 0 Å². The van der Waals surface area contributed by atoms with Gasteiger partial charge in [-0.1, -0.05) is 0 Å². The Balaban J connectivity index is 3.17. The fourth-order valence-corrected chi connectivity index (χ4v) is 1.04. The molecule has 0 radical (unpaired) electrons. The average Bonchev–Trinajstić information content (AvgIpc) is 1.80. The van der Waals surface area contributed by atoms with Crippen molar-refractivity contribution in [2.24, 2.45) is 0 Å². The first-order chi connectivity index (χ1) is 4.20. The molecule has 0 saturated heterocycles. The Hall–Kier alpha value is -0.422. The van der Waals surface area contributed by atoms with Crippen LogP contribution in [0, 0.1) is 6.92 Å². The zero-order valence-electron chi connectivity index (χ0n) is 5.26. The molecule has 9 heavy (non-hydrogen) atoms. The molecule has 0 heterocycles. The van der Waals surface area contributed by atoms with Crippen molar-refractivity contribution in [3.63, 3.8) is 0 Å². The molecule has 0 spiro atoms. The van der Waals surface area contributed by atoms with Crippen molar-refractivity contribution in [2.45, 2.75) is 6.92 Å². The molecule has 0 bridgehead atoms. The molecule has 0 aliphatic heterocycles. The third-order valence-electron chi connectivity index (χ3n) is 1.25. The number of hydrogen-bond donors (Lipinski definition) is 1. The van der Waals surface area contributed by atoms with Crippen LogP contribution >= 0.6 is 0 Å². The number of aryl methyl sites for hydroxylation is 1. The molecule has 2 heteroatoms. The van der Waals surface area contributed by atoms with Gasteiger partial charge in [0.1, 0.15) is 0 Å². The van der Waals surface area contributed by atoms with Gasteiger partial charge in [-0.2, -0.15) is 0 Å². The predicted molar refractivity (Wildman–Crippen MR) is 41.0 cm³/mol. The second-order valence-corrected chi connectivity index (χ2v) is 3.35. The van der Waals surface area contributed by atoms with E-state index in [9.17, 15) is 0 Å². The molecule has 1 aromatic rings.